The number of ether oxygens (including phenoxy) is 2. The maximum Gasteiger partial charge on any atom is 0.410 e. The second-order valence-electron chi connectivity index (χ2n) is 10.0. The van der Waals surface area contributed by atoms with Crippen molar-refractivity contribution in [3.8, 4) is 0 Å². The van der Waals surface area contributed by atoms with E-state index in [0.29, 0.717) is 51.2 Å². The minimum absolute atomic E-state index is 0.0991. The van der Waals surface area contributed by atoms with Crippen molar-refractivity contribution < 1.29 is 28.7 Å². The molecule has 1 unspecified atom stereocenters. The summed E-state index contributed by atoms with van der Waals surface area (Å²) in [6.45, 7) is 8.55. The molecule has 2 aromatic carbocycles. The summed E-state index contributed by atoms with van der Waals surface area (Å²) in [6, 6.07) is 15.7. The van der Waals surface area contributed by atoms with Gasteiger partial charge in [0.1, 0.15) is 6.61 Å². The lowest BCUT2D eigenvalue weighted by Gasteiger charge is -2.36. The van der Waals surface area contributed by atoms with E-state index in [0.717, 1.165) is 24.1 Å². The predicted octanol–water partition coefficient (Wildman–Crippen LogP) is 4.64. The van der Waals surface area contributed by atoms with Crippen molar-refractivity contribution in [1.82, 2.24) is 9.80 Å². The van der Waals surface area contributed by atoms with Crippen LogP contribution in [-0.4, -0.2) is 66.7 Å². The van der Waals surface area contributed by atoms with Crippen LogP contribution in [0, 0.1) is 0 Å². The van der Waals surface area contributed by atoms with E-state index in [1.165, 1.54) is 17.6 Å². The minimum Gasteiger partial charge on any atom is -0.466 e. The summed E-state index contributed by atoms with van der Waals surface area (Å²) in [4.78, 5) is 47.1. The Labute approximate surface area is 230 Å². The van der Waals surface area contributed by atoms with Crippen LogP contribution in [0.4, 0.5) is 10.5 Å². The normalized spacial score (nSPS) is 17.8. The molecule has 2 aromatic rings. The Balaban J connectivity index is 1.33. The standard InChI is InChI=1S/C30H39N3O6/c1-4-37-29(35)15-19-31-16-12-25-10-11-26(20-28(25)22(31)2)33(23(3)34)39-27-13-17-32(18-14-27)30(36)38-21-24-8-6-5-7-9-24/h5-11,20,22,27H,4,12-19,21H2,1-3H3. The first kappa shape index (κ1) is 28.6. The Kier molecular flexibility index (Phi) is 9.95. The quantitative estimate of drug-likeness (QED) is 0.340. The number of likely N-dealkylation sites (tertiary alicyclic amines) is 1. The fourth-order valence-electron chi connectivity index (χ4n) is 5.17. The molecular formula is C30H39N3O6. The highest BCUT2D eigenvalue weighted by molar-refractivity contribution is 5.89. The Hall–Kier alpha value is -3.43. The molecule has 1 atom stereocenters. The zero-order valence-electron chi connectivity index (χ0n) is 23.1. The average Bonchev–Trinajstić information content (AvgIpc) is 2.95. The second kappa shape index (κ2) is 13.6. The van der Waals surface area contributed by atoms with Crippen molar-refractivity contribution in [2.24, 2.45) is 0 Å². The fourth-order valence-corrected chi connectivity index (χ4v) is 5.17. The molecule has 1 saturated heterocycles. The molecule has 2 heterocycles. The maximum absolute atomic E-state index is 12.6. The molecule has 2 aliphatic rings. The molecule has 9 nitrogen and oxygen atoms in total. The molecule has 210 valence electrons. The zero-order chi connectivity index (χ0) is 27.8. The van der Waals surface area contributed by atoms with E-state index in [2.05, 4.69) is 17.9 Å². The van der Waals surface area contributed by atoms with Crippen LogP contribution in [0.25, 0.3) is 0 Å². The van der Waals surface area contributed by atoms with Crippen LogP contribution in [0.1, 0.15) is 62.8 Å². The molecule has 4 rings (SSSR count). The highest BCUT2D eigenvalue weighted by Gasteiger charge is 2.29. The minimum atomic E-state index is -0.336. The molecule has 9 heteroatoms. The highest BCUT2D eigenvalue weighted by atomic mass is 16.7. The van der Waals surface area contributed by atoms with Crippen LogP contribution in [0.5, 0.6) is 0 Å². The van der Waals surface area contributed by atoms with E-state index >= 15 is 0 Å². The number of carbonyl (C=O) groups is 3. The number of carbonyl (C=O) groups excluding carboxylic acids is 3. The summed E-state index contributed by atoms with van der Waals surface area (Å²) in [6.07, 6.45) is 1.91. The molecule has 39 heavy (non-hydrogen) atoms. The monoisotopic (exact) mass is 537 g/mol. The number of hydrogen-bond acceptors (Lipinski definition) is 7. The van der Waals surface area contributed by atoms with Gasteiger partial charge in [0, 0.05) is 39.1 Å². The van der Waals surface area contributed by atoms with Gasteiger partial charge in [0.2, 0.25) is 5.91 Å². The largest absolute Gasteiger partial charge is 0.466 e. The van der Waals surface area contributed by atoms with Gasteiger partial charge in [0.15, 0.2) is 0 Å². The van der Waals surface area contributed by atoms with Gasteiger partial charge in [-0.05, 0) is 61.9 Å². The maximum atomic E-state index is 12.6. The summed E-state index contributed by atoms with van der Waals surface area (Å²) in [5, 5.41) is 1.37. The van der Waals surface area contributed by atoms with Gasteiger partial charge < -0.3 is 14.4 Å². The number of esters is 1. The van der Waals surface area contributed by atoms with Gasteiger partial charge >= 0.3 is 12.1 Å². The molecule has 2 aliphatic heterocycles. The highest BCUT2D eigenvalue weighted by Crippen LogP contribution is 2.33. The number of hydroxylamine groups is 1. The smallest absolute Gasteiger partial charge is 0.410 e. The van der Waals surface area contributed by atoms with E-state index in [-0.39, 0.29) is 36.7 Å². The van der Waals surface area contributed by atoms with Crippen LogP contribution in [0.2, 0.25) is 0 Å². The van der Waals surface area contributed by atoms with Crippen molar-refractivity contribution >= 4 is 23.7 Å². The van der Waals surface area contributed by atoms with Crippen molar-refractivity contribution in [2.75, 3.05) is 37.8 Å². The molecule has 0 saturated carbocycles. The number of nitrogens with zero attached hydrogens (tertiary/aromatic N) is 3. The lowest BCUT2D eigenvalue weighted by Crippen LogP contribution is -2.44. The third-order valence-corrected chi connectivity index (χ3v) is 7.38. The van der Waals surface area contributed by atoms with Crippen LogP contribution in [0.3, 0.4) is 0 Å². The van der Waals surface area contributed by atoms with E-state index in [9.17, 15) is 14.4 Å². The molecule has 1 fully saturated rings. The molecule has 0 bridgehead atoms. The Morgan fingerprint density at radius 2 is 1.74 bits per heavy atom. The van der Waals surface area contributed by atoms with Gasteiger partial charge in [-0.25, -0.2) is 4.79 Å². The zero-order valence-corrected chi connectivity index (χ0v) is 23.1. The van der Waals surface area contributed by atoms with E-state index in [4.69, 9.17) is 14.3 Å². The molecule has 2 amide bonds. The number of anilines is 1. The predicted molar refractivity (Wildman–Crippen MR) is 147 cm³/mol. The summed E-state index contributed by atoms with van der Waals surface area (Å²) >= 11 is 0. The fraction of sp³-hybridized carbons (Fsp3) is 0.500. The van der Waals surface area contributed by atoms with Crippen molar-refractivity contribution in [2.45, 2.75) is 65.2 Å². The second-order valence-corrected chi connectivity index (χ2v) is 10.0. The first-order valence-corrected chi connectivity index (χ1v) is 13.8. The average molecular weight is 538 g/mol. The van der Waals surface area contributed by atoms with Gasteiger partial charge in [0.25, 0.3) is 0 Å². The van der Waals surface area contributed by atoms with Gasteiger partial charge in [-0.3, -0.25) is 19.3 Å². The number of piperidine rings is 1. The van der Waals surface area contributed by atoms with E-state index in [1.807, 2.05) is 49.4 Å². The van der Waals surface area contributed by atoms with Gasteiger partial charge in [-0.15, -0.1) is 0 Å². The molecule has 0 spiro atoms. The molecule has 0 aromatic heterocycles. The van der Waals surface area contributed by atoms with Gasteiger partial charge in [0.05, 0.1) is 24.8 Å². The number of benzene rings is 2. The Morgan fingerprint density at radius 1 is 1.00 bits per heavy atom. The number of rotatable bonds is 9. The summed E-state index contributed by atoms with van der Waals surface area (Å²) in [5.74, 6) is -0.391. The SMILES string of the molecule is CCOC(=O)CCN1CCc2ccc(N(OC3CCN(C(=O)OCc4ccccc4)CC3)C(C)=O)cc2C1C. The number of hydrogen-bond donors (Lipinski definition) is 0. The van der Waals surface area contributed by atoms with Crippen molar-refractivity contribution in [3.63, 3.8) is 0 Å². The van der Waals surface area contributed by atoms with Crippen LogP contribution < -0.4 is 5.06 Å². The first-order chi connectivity index (χ1) is 18.9. The lowest BCUT2D eigenvalue weighted by molar-refractivity contribution is -0.143. The van der Waals surface area contributed by atoms with Gasteiger partial charge in [-0.1, -0.05) is 36.4 Å². The molecule has 0 aliphatic carbocycles. The van der Waals surface area contributed by atoms with Crippen LogP contribution in [0.15, 0.2) is 48.5 Å². The summed E-state index contributed by atoms with van der Waals surface area (Å²) in [7, 11) is 0. The Bertz CT molecular complexity index is 1130. The summed E-state index contributed by atoms with van der Waals surface area (Å²) in [5.41, 5.74) is 4.01. The molecule has 0 radical (unpaired) electrons. The number of fused-ring (bicyclic) bond motifs is 1. The topological polar surface area (TPSA) is 88.6 Å². The summed E-state index contributed by atoms with van der Waals surface area (Å²) < 4.78 is 10.5. The Morgan fingerprint density at radius 3 is 2.44 bits per heavy atom. The van der Waals surface area contributed by atoms with Crippen LogP contribution in [-0.2, 0) is 36.9 Å². The molecule has 0 N–H and O–H groups in total. The molecular weight excluding hydrogens is 498 g/mol. The van der Waals surface area contributed by atoms with Crippen molar-refractivity contribution in [1.29, 1.82) is 0 Å². The lowest BCUT2D eigenvalue weighted by atomic mass is 9.92. The first-order valence-electron chi connectivity index (χ1n) is 13.8. The third-order valence-electron chi connectivity index (χ3n) is 7.38. The van der Waals surface area contributed by atoms with Gasteiger partial charge in [-0.2, -0.15) is 5.06 Å². The number of amides is 2. The van der Waals surface area contributed by atoms with E-state index in [1.54, 1.807) is 4.90 Å². The van der Waals surface area contributed by atoms with E-state index < -0.39 is 0 Å². The van der Waals surface area contributed by atoms with Crippen molar-refractivity contribution in [3.05, 3.63) is 65.2 Å². The van der Waals surface area contributed by atoms with Crippen LogP contribution >= 0.6 is 0 Å². The third kappa shape index (κ3) is 7.58.